The molecule has 2 heterocycles. The smallest absolute Gasteiger partial charge is 0.216 e. The average molecular weight is 206 g/mol. The number of aromatic nitrogens is 1. The van der Waals surface area contributed by atoms with Crippen LogP contribution in [-0.2, 0) is 0 Å². The molecule has 1 unspecified atom stereocenters. The van der Waals surface area contributed by atoms with Gasteiger partial charge >= 0.3 is 0 Å². The zero-order valence-corrected chi connectivity index (χ0v) is 9.44. The van der Waals surface area contributed by atoms with Crippen molar-refractivity contribution in [1.29, 1.82) is 0 Å². The van der Waals surface area contributed by atoms with Crippen molar-refractivity contribution in [2.24, 2.45) is 0 Å². The van der Waals surface area contributed by atoms with Gasteiger partial charge in [0.2, 0.25) is 5.88 Å². The van der Waals surface area contributed by atoms with Crippen molar-refractivity contribution in [3.05, 3.63) is 23.9 Å². The predicted molar refractivity (Wildman–Crippen MR) is 60.1 cm³/mol. The molecule has 1 saturated heterocycles. The van der Waals surface area contributed by atoms with E-state index in [4.69, 9.17) is 4.74 Å². The Morgan fingerprint density at radius 2 is 2.47 bits per heavy atom. The minimum absolute atomic E-state index is 0.561. The Hall–Kier alpha value is -1.09. The summed E-state index contributed by atoms with van der Waals surface area (Å²) in [5.41, 5.74) is 1.11. The number of hydrogen-bond acceptors (Lipinski definition) is 3. The molecule has 1 aromatic rings. The van der Waals surface area contributed by atoms with Crippen LogP contribution in [0.25, 0.3) is 0 Å². The number of hydrogen-bond donors (Lipinski definition) is 0. The maximum absolute atomic E-state index is 5.74. The highest BCUT2D eigenvalue weighted by molar-refractivity contribution is 5.23. The van der Waals surface area contributed by atoms with Crippen molar-refractivity contribution in [1.82, 2.24) is 9.88 Å². The third-order valence-electron chi connectivity index (χ3n) is 3.05. The van der Waals surface area contributed by atoms with E-state index in [2.05, 4.69) is 16.9 Å². The first kappa shape index (κ1) is 10.4. The molecule has 0 amide bonds. The number of likely N-dealkylation sites (tertiary alicyclic amines) is 1. The van der Waals surface area contributed by atoms with Gasteiger partial charge in [0.05, 0.1) is 0 Å². The SMILES string of the molecule is Cc1cccnc1OCC1CCCN1C. The zero-order chi connectivity index (χ0) is 10.7. The highest BCUT2D eigenvalue weighted by Crippen LogP contribution is 2.17. The molecule has 1 fully saturated rings. The molecule has 2 rings (SSSR count). The van der Waals surface area contributed by atoms with Crippen LogP contribution < -0.4 is 4.74 Å². The topological polar surface area (TPSA) is 25.4 Å². The van der Waals surface area contributed by atoms with Crippen LogP contribution in [-0.4, -0.2) is 36.1 Å². The number of aryl methyl sites for hydroxylation is 1. The van der Waals surface area contributed by atoms with Crippen molar-refractivity contribution >= 4 is 0 Å². The van der Waals surface area contributed by atoms with Gasteiger partial charge in [0.25, 0.3) is 0 Å². The Labute approximate surface area is 91.1 Å². The van der Waals surface area contributed by atoms with E-state index in [0.717, 1.165) is 18.1 Å². The first-order valence-electron chi connectivity index (χ1n) is 5.52. The third-order valence-corrected chi connectivity index (χ3v) is 3.05. The van der Waals surface area contributed by atoms with Gasteiger partial charge in [0.1, 0.15) is 6.61 Å². The average Bonchev–Trinajstić information content (AvgIpc) is 2.63. The summed E-state index contributed by atoms with van der Waals surface area (Å²) in [6.45, 7) is 3.98. The molecule has 0 spiro atoms. The van der Waals surface area contributed by atoms with Crippen LogP contribution in [0.5, 0.6) is 5.88 Å². The van der Waals surface area contributed by atoms with Crippen LogP contribution in [0.1, 0.15) is 18.4 Å². The van der Waals surface area contributed by atoms with Crippen LogP contribution in [0.4, 0.5) is 0 Å². The summed E-state index contributed by atoms with van der Waals surface area (Å²) in [7, 11) is 2.16. The van der Waals surface area contributed by atoms with Gasteiger partial charge in [-0.2, -0.15) is 0 Å². The predicted octanol–water partition coefficient (Wildman–Crippen LogP) is 1.86. The van der Waals surface area contributed by atoms with E-state index >= 15 is 0 Å². The number of pyridine rings is 1. The molecule has 0 bridgehead atoms. The molecule has 3 nitrogen and oxygen atoms in total. The molecule has 1 aliphatic heterocycles. The highest BCUT2D eigenvalue weighted by atomic mass is 16.5. The lowest BCUT2D eigenvalue weighted by Gasteiger charge is -2.19. The van der Waals surface area contributed by atoms with Crippen LogP contribution >= 0.6 is 0 Å². The summed E-state index contributed by atoms with van der Waals surface area (Å²) in [4.78, 5) is 6.58. The molecule has 82 valence electrons. The van der Waals surface area contributed by atoms with Crippen LogP contribution in [0.15, 0.2) is 18.3 Å². The van der Waals surface area contributed by atoms with Gasteiger partial charge < -0.3 is 9.64 Å². The van der Waals surface area contributed by atoms with Crippen molar-refractivity contribution < 1.29 is 4.74 Å². The van der Waals surface area contributed by atoms with Crippen molar-refractivity contribution in [2.75, 3.05) is 20.2 Å². The number of rotatable bonds is 3. The molecule has 0 N–H and O–H groups in total. The van der Waals surface area contributed by atoms with Crippen molar-refractivity contribution in [2.45, 2.75) is 25.8 Å². The van der Waals surface area contributed by atoms with Gasteiger partial charge in [-0.25, -0.2) is 4.98 Å². The van der Waals surface area contributed by atoms with Crippen LogP contribution in [0.2, 0.25) is 0 Å². The Morgan fingerprint density at radius 3 is 3.13 bits per heavy atom. The lowest BCUT2D eigenvalue weighted by atomic mass is 10.2. The second-order valence-electron chi connectivity index (χ2n) is 4.21. The normalized spacial score (nSPS) is 21.9. The quantitative estimate of drug-likeness (QED) is 0.755. The van der Waals surface area contributed by atoms with Gasteiger partial charge in [0.15, 0.2) is 0 Å². The monoisotopic (exact) mass is 206 g/mol. The summed E-state index contributed by atoms with van der Waals surface area (Å²) in [5, 5.41) is 0. The molecule has 15 heavy (non-hydrogen) atoms. The maximum Gasteiger partial charge on any atom is 0.216 e. The molecule has 1 aromatic heterocycles. The number of likely N-dealkylation sites (N-methyl/N-ethyl adjacent to an activating group) is 1. The molecule has 0 radical (unpaired) electrons. The Bertz CT molecular complexity index is 327. The van der Waals surface area contributed by atoms with Gasteiger partial charge in [-0.3, -0.25) is 0 Å². The van der Waals surface area contributed by atoms with E-state index in [1.807, 2.05) is 19.1 Å². The maximum atomic E-state index is 5.74. The van der Waals surface area contributed by atoms with Gasteiger partial charge in [-0.1, -0.05) is 6.07 Å². The van der Waals surface area contributed by atoms with E-state index in [-0.39, 0.29) is 0 Å². The van der Waals surface area contributed by atoms with Crippen LogP contribution in [0, 0.1) is 6.92 Å². The Morgan fingerprint density at radius 1 is 1.60 bits per heavy atom. The minimum Gasteiger partial charge on any atom is -0.476 e. The summed E-state index contributed by atoms with van der Waals surface area (Å²) in [5.74, 6) is 0.776. The Kier molecular flexibility index (Phi) is 3.21. The highest BCUT2D eigenvalue weighted by Gasteiger charge is 2.21. The van der Waals surface area contributed by atoms with E-state index in [9.17, 15) is 0 Å². The lowest BCUT2D eigenvalue weighted by molar-refractivity contribution is 0.192. The van der Waals surface area contributed by atoms with Gasteiger partial charge in [0, 0.05) is 17.8 Å². The lowest BCUT2D eigenvalue weighted by Crippen LogP contribution is -2.30. The second-order valence-corrected chi connectivity index (χ2v) is 4.21. The van der Waals surface area contributed by atoms with Crippen molar-refractivity contribution in [3.8, 4) is 5.88 Å². The minimum atomic E-state index is 0.561. The molecule has 0 aromatic carbocycles. The zero-order valence-electron chi connectivity index (χ0n) is 9.44. The summed E-state index contributed by atoms with van der Waals surface area (Å²) < 4.78 is 5.74. The van der Waals surface area contributed by atoms with Gasteiger partial charge in [-0.15, -0.1) is 0 Å². The Balaban J connectivity index is 1.90. The fourth-order valence-electron chi connectivity index (χ4n) is 1.99. The van der Waals surface area contributed by atoms with E-state index in [1.165, 1.54) is 19.4 Å². The molecule has 0 aliphatic carbocycles. The largest absolute Gasteiger partial charge is 0.476 e. The third kappa shape index (κ3) is 2.48. The fourth-order valence-corrected chi connectivity index (χ4v) is 1.99. The molecule has 3 heteroatoms. The van der Waals surface area contributed by atoms with E-state index in [1.54, 1.807) is 6.20 Å². The van der Waals surface area contributed by atoms with E-state index < -0.39 is 0 Å². The molecular formula is C12H18N2O. The number of ether oxygens (including phenoxy) is 1. The van der Waals surface area contributed by atoms with E-state index in [0.29, 0.717) is 6.04 Å². The van der Waals surface area contributed by atoms with Gasteiger partial charge in [-0.05, 0) is 39.4 Å². The second kappa shape index (κ2) is 4.62. The summed E-state index contributed by atoms with van der Waals surface area (Å²) >= 11 is 0. The molecule has 1 atom stereocenters. The van der Waals surface area contributed by atoms with Crippen molar-refractivity contribution in [3.63, 3.8) is 0 Å². The first-order chi connectivity index (χ1) is 7.27. The molecule has 1 aliphatic rings. The van der Waals surface area contributed by atoms with Crippen LogP contribution in [0.3, 0.4) is 0 Å². The molecule has 0 saturated carbocycles. The first-order valence-corrected chi connectivity index (χ1v) is 5.52. The number of nitrogens with zero attached hydrogens (tertiary/aromatic N) is 2. The summed E-state index contributed by atoms with van der Waals surface area (Å²) in [6, 6.07) is 4.52. The summed E-state index contributed by atoms with van der Waals surface area (Å²) in [6.07, 6.45) is 4.30. The standard InChI is InChI=1S/C12H18N2O/c1-10-5-3-7-13-12(10)15-9-11-6-4-8-14(11)2/h3,5,7,11H,4,6,8-9H2,1-2H3. The fraction of sp³-hybridized carbons (Fsp3) is 0.583. The molecular weight excluding hydrogens is 188 g/mol.